The van der Waals surface area contributed by atoms with E-state index in [0.717, 1.165) is 12.8 Å². The van der Waals surface area contributed by atoms with E-state index in [1.165, 1.54) is 7.11 Å². The zero-order valence-electron chi connectivity index (χ0n) is 9.23. The largest absolute Gasteiger partial charge is 0.469 e. The molecule has 0 spiro atoms. The van der Waals surface area contributed by atoms with Gasteiger partial charge in [-0.2, -0.15) is 0 Å². The number of rotatable bonds is 2. The van der Waals surface area contributed by atoms with Gasteiger partial charge in [0.15, 0.2) is 0 Å². The molecule has 0 aromatic heterocycles. The van der Waals surface area contributed by atoms with Crippen LogP contribution < -0.4 is 5.73 Å². The van der Waals surface area contributed by atoms with Crippen LogP contribution in [0, 0.1) is 5.92 Å². The molecule has 0 saturated carbocycles. The molecule has 0 aromatic rings. The van der Waals surface area contributed by atoms with E-state index in [0.29, 0.717) is 13.1 Å². The summed E-state index contributed by atoms with van der Waals surface area (Å²) in [4.78, 5) is 24.6. The van der Waals surface area contributed by atoms with Crippen LogP contribution in [-0.2, 0) is 14.3 Å². The first kappa shape index (κ1) is 12.0. The molecule has 1 fully saturated rings. The Bertz CT molecular complexity index is 253. The van der Waals surface area contributed by atoms with Crippen LogP contribution in [0.5, 0.6) is 0 Å². The molecule has 0 bridgehead atoms. The maximum atomic E-state index is 11.6. The van der Waals surface area contributed by atoms with Gasteiger partial charge >= 0.3 is 5.97 Å². The Morgan fingerprint density at radius 3 is 2.73 bits per heavy atom. The van der Waals surface area contributed by atoms with Crippen molar-refractivity contribution in [3.05, 3.63) is 0 Å². The lowest BCUT2D eigenvalue weighted by atomic mass is 9.98. The standard InChI is InChI=1S/C10H18N2O3/c1-7(11)9(13)12-5-3-4-8(6-12)10(14)15-2/h7-8H,3-6,11H2,1-2H3/t7-,8+/m1/s1. The predicted octanol–water partition coefficient (Wildman–Crippen LogP) is -0.255. The van der Waals surface area contributed by atoms with Crippen LogP contribution in [0.15, 0.2) is 0 Å². The fraction of sp³-hybridized carbons (Fsp3) is 0.800. The molecule has 1 rings (SSSR count). The molecule has 1 heterocycles. The summed E-state index contributed by atoms with van der Waals surface area (Å²) in [7, 11) is 1.37. The third kappa shape index (κ3) is 2.92. The first-order valence-electron chi connectivity index (χ1n) is 5.18. The fourth-order valence-corrected chi connectivity index (χ4v) is 1.82. The minimum atomic E-state index is -0.499. The van der Waals surface area contributed by atoms with Gasteiger partial charge in [-0.1, -0.05) is 0 Å². The second-order valence-corrected chi connectivity index (χ2v) is 3.94. The molecule has 15 heavy (non-hydrogen) atoms. The van der Waals surface area contributed by atoms with E-state index >= 15 is 0 Å². The van der Waals surface area contributed by atoms with Gasteiger partial charge in [-0.05, 0) is 19.8 Å². The lowest BCUT2D eigenvalue weighted by Crippen LogP contribution is -2.48. The molecule has 1 saturated heterocycles. The van der Waals surface area contributed by atoms with Crippen LogP contribution >= 0.6 is 0 Å². The van der Waals surface area contributed by atoms with Gasteiger partial charge in [0.25, 0.3) is 0 Å². The Hall–Kier alpha value is -1.10. The highest BCUT2D eigenvalue weighted by Crippen LogP contribution is 2.18. The van der Waals surface area contributed by atoms with Gasteiger partial charge in [0.2, 0.25) is 5.91 Å². The molecular weight excluding hydrogens is 196 g/mol. The second-order valence-electron chi connectivity index (χ2n) is 3.94. The molecule has 1 amide bonds. The number of amides is 1. The minimum Gasteiger partial charge on any atom is -0.469 e. The van der Waals surface area contributed by atoms with Gasteiger partial charge in [-0.3, -0.25) is 9.59 Å². The van der Waals surface area contributed by atoms with Gasteiger partial charge < -0.3 is 15.4 Å². The topological polar surface area (TPSA) is 72.6 Å². The highest BCUT2D eigenvalue weighted by Gasteiger charge is 2.29. The Morgan fingerprint density at radius 1 is 1.53 bits per heavy atom. The van der Waals surface area contributed by atoms with Crippen molar-refractivity contribution >= 4 is 11.9 Å². The van der Waals surface area contributed by atoms with Crippen molar-refractivity contribution in [3.63, 3.8) is 0 Å². The van der Waals surface area contributed by atoms with Crippen LogP contribution in [0.2, 0.25) is 0 Å². The normalized spacial score (nSPS) is 23.4. The third-order valence-corrected chi connectivity index (χ3v) is 2.66. The van der Waals surface area contributed by atoms with Crippen LogP contribution in [0.25, 0.3) is 0 Å². The maximum Gasteiger partial charge on any atom is 0.310 e. The summed E-state index contributed by atoms with van der Waals surface area (Å²) < 4.78 is 4.67. The number of esters is 1. The number of carbonyl (C=O) groups is 2. The summed E-state index contributed by atoms with van der Waals surface area (Å²) in [6, 6.07) is -0.499. The summed E-state index contributed by atoms with van der Waals surface area (Å²) >= 11 is 0. The summed E-state index contributed by atoms with van der Waals surface area (Å²) in [6.07, 6.45) is 1.62. The fourth-order valence-electron chi connectivity index (χ4n) is 1.82. The lowest BCUT2D eigenvalue weighted by molar-refractivity contribution is -0.149. The van der Waals surface area contributed by atoms with Gasteiger partial charge in [-0.25, -0.2) is 0 Å². The molecule has 2 N–H and O–H groups in total. The van der Waals surface area contributed by atoms with Crippen molar-refractivity contribution in [2.75, 3.05) is 20.2 Å². The average Bonchev–Trinajstić information content (AvgIpc) is 2.27. The average molecular weight is 214 g/mol. The number of nitrogens with two attached hydrogens (primary N) is 1. The monoisotopic (exact) mass is 214 g/mol. The SMILES string of the molecule is COC(=O)[C@H]1CCCN(C(=O)[C@@H](C)N)C1. The summed E-state index contributed by atoms with van der Waals surface area (Å²) in [5.74, 6) is -0.521. The molecular formula is C10H18N2O3. The zero-order chi connectivity index (χ0) is 11.4. The van der Waals surface area contributed by atoms with E-state index in [4.69, 9.17) is 5.73 Å². The number of hydrogen-bond acceptors (Lipinski definition) is 4. The number of hydrogen-bond donors (Lipinski definition) is 1. The first-order valence-corrected chi connectivity index (χ1v) is 5.18. The van der Waals surface area contributed by atoms with Crippen molar-refractivity contribution in [3.8, 4) is 0 Å². The Labute approximate surface area is 89.6 Å². The Morgan fingerprint density at radius 2 is 2.20 bits per heavy atom. The van der Waals surface area contributed by atoms with Crippen LogP contribution in [0.3, 0.4) is 0 Å². The maximum absolute atomic E-state index is 11.6. The van der Waals surface area contributed by atoms with Gasteiger partial charge in [0, 0.05) is 13.1 Å². The number of nitrogens with zero attached hydrogens (tertiary/aromatic N) is 1. The summed E-state index contributed by atoms with van der Waals surface area (Å²) in [5, 5.41) is 0. The predicted molar refractivity (Wildman–Crippen MR) is 55.0 cm³/mol. The van der Waals surface area contributed by atoms with Crippen LogP contribution in [-0.4, -0.2) is 43.0 Å². The number of piperidine rings is 1. The van der Waals surface area contributed by atoms with Gasteiger partial charge in [-0.15, -0.1) is 0 Å². The zero-order valence-corrected chi connectivity index (χ0v) is 9.23. The molecule has 1 aliphatic heterocycles. The molecule has 1 aliphatic rings. The second kappa shape index (κ2) is 5.11. The van der Waals surface area contributed by atoms with E-state index in [1.807, 2.05) is 0 Å². The minimum absolute atomic E-state index is 0.0939. The molecule has 0 aliphatic carbocycles. The van der Waals surface area contributed by atoms with Gasteiger partial charge in [0.1, 0.15) is 0 Å². The van der Waals surface area contributed by atoms with E-state index in [-0.39, 0.29) is 17.8 Å². The first-order chi connectivity index (χ1) is 7.06. The molecule has 86 valence electrons. The van der Waals surface area contributed by atoms with Crippen molar-refractivity contribution in [1.29, 1.82) is 0 Å². The van der Waals surface area contributed by atoms with Gasteiger partial charge in [0.05, 0.1) is 19.1 Å². The number of methoxy groups -OCH3 is 1. The van der Waals surface area contributed by atoms with E-state index in [1.54, 1.807) is 11.8 Å². The third-order valence-electron chi connectivity index (χ3n) is 2.66. The smallest absolute Gasteiger partial charge is 0.310 e. The van der Waals surface area contributed by atoms with Crippen LogP contribution in [0.1, 0.15) is 19.8 Å². The highest BCUT2D eigenvalue weighted by molar-refractivity contribution is 5.82. The molecule has 5 heteroatoms. The van der Waals surface area contributed by atoms with Crippen molar-refractivity contribution in [2.24, 2.45) is 11.7 Å². The number of ether oxygens (including phenoxy) is 1. The van der Waals surface area contributed by atoms with Crippen molar-refractivity contribution in [1.82, 2.24) is 4.90 Å². The molecule has 0 unspecified atom stereocenters. The van der Waals surface area contributed by atoms with E-state index < -0.39 is 6.04 Å². The molecule has 0 aromatic carbocycles. The van der Waals surface area contributed by atoms with E-state index in [9.17, 15) is 9.59 Å². The van der Waals surface area contributed by atoms with Crippen molar-refractivity contribution < 1.29 is 14.3 Å². The summed E-state index contributed by atoms with van der Waals surface area (Å²) in [5.41, 5.74) is 5.51. The number of carbonyl (C=O) groups excluding carboxylic acids is 2. The quantitative estimate of drug-likeness (QED) is 0.643. The van der Waals surface area contributed by atoms with E-state index in [2.05, 4.69) is 4.74 Å². The number of likely N-dealkylation sites (tertiary alicyclic amines) is 1. The lowest BCUT2D eigenvalue weighted by Gasteiger charge is -2.32. The van der Waals surface area contributed by atoms with Crippen molar-refractivity contribution in [2.45, 2.75) is 25.8 Å². The summed E-state index contributed by atoms with van der Waals surface area (Å²) in [6.45, 7) is 2.78. The van der Waals surface area contributed by atoms with Crippen LogP contribution in [0.4, 0.5) is 0 Å². The Balaban J connectivity index is 2.56. The molecule has 5 nitrogen and oxygen atoms in total. The molecule has 2 atom stereocenters. The molecule has 0 radical (unpaired) electrons. The highest BCUT2D eigenvalue weighted by atomic mass is 16.5. The Kier molecular flexibility index (Phi) is 4.08.